The smallest absolute Gasteiger partial charge is 0.343 e. The molecule has 0 aliphatic rings. The van der Waals surface area contributed by atoms with Gasteiger partial charge in [0, 0.05) is 4.47 Å². The van der Waals surface area contributed by atoms with Crippen LogP contribution in [0.25, 0.3) is 0 Å². The molecule has 0 radical (unpaired) electrons. The Morgan fingerprint density at radius 1 is 1.24 bits per heavy atom. The van der Waals surface area contributed by atoms with Crippen molar-refractivity contribution >= 4 is 39.4 Å². The molecule has 132 valence electrons. The van der Waals surface area contributed by atoms with Gasteiger partial charge in [0.2, 0.25) is 0 Å². The molecule has 1 amide bonds. The Kier molecular flexibility index (Phi) is 6.22. The average molecular weight is 433 g/mol. The van der Waals surface area contributed by atoms with E-state index in [1.54, 1.807) is 0 Å². The van der Waals surface area contributed by atoms with Crippen molar-refractivity contribution in [3.8, 4) is 17.2 Å². The molecule has 0 unspecified atom stereocenters. The number of methoxy groups -OCH3 is 1. The van der Waals surface area contributed by atoms with Gasteiger partial charge in [0.25, 0.3) is 5.91 Å². The molecular formula is C16H12BrClFNO5. The van der Waals surface area contributed by atoms with Gasteiger partial charge in [-0.15, -0.1) is 0 Å². The molecule has 0 saturated heterocycles. The molecule has 25 heavy (non-hydrogen) atoms. The molecule has 9 heteroatoms. The first-order valence-corrected chi connectivity index (χ1v) is 7.94. The molecule has 0 aliphatic heterocycles. The summed E-state index contributed by atoms with van der Waals surface area (Å²) < 4.78 is 29.5. The van der Waals surface area contributed by atoms with Crippen LogP contribution in [0.3, 0.4) is 0 Å². The lowest BCUT2D eigenvalue weighted by atomic mass is 10.2. The van der Waals surface area contributed by atoms with Gasteiger partial charge in [-0.3, -0.25) is 4.79 Å². The van der Waals surface area contributed by atoms with E-state index in [9.17, 15) is 14.0 Å². The number of carbonyl (C=O) groups excluding carboxylic acids is 2. The SMILES string of the molecule is COc1cc(C(=O)Oc2ccc(Br)cc2F)cc(Cl)c1OCC(N)=O. The highest BCUT2D eigenvalue weighted by molar-refractivity contribution is 9.10. The normalized spacial score (nSPS) is 10.2. The average Bonchev–Trinajstić information content (AvgIpc) is 2.55. The second-order valence-electron chi connectivity index (χ2n) is 4.71. The van der Waals surface area contributed by atoms with Crippen molar-refractivity contribution in [2.45, 2.75) is 0 Å². The zero-order chi connectivity index (χ0) is 18.6. The predicted octanol–water partition coefficient (Wildman–Crippen LogP) is 3.33. The monoisotopic (exact) mass is 431 g/mol. The van der Waals surface area contributed by atoms with Gasteiger partial charge in [0.15, 0.2) is 29.7 Å². The Hall–Kier alpha value is -2.32. The number of carbonyl (C=O) groups is 2. The summed E-state index contributed by atoms with van der Waals surface area (Å²) >= 11 is 9.16. The van der Waals surface area contributed by atoms with Gasteiger partial charge in [-0.1, -0.05) is 27.5 Å². The standard InChI is InChI=1S/C16H12BrClFNO5/c1-23-13-5-8(4-10(18)15(13)24-7-14(20)21)16(22)25-12-3-2-9(17)6-11(12)19/h2-6H,7H2,1H3,(H2,20,21). The van der Waals surface area contributed by atoms with Gasteiger partial charge in [0.05, 0.1) is 17.7 Å². The fraction of sp³-hybridized carbons (Fsp3) is 0.125. The van der Waals surface area contributed by atoms with Crippen LogP contribution < -0.4 is 19.9 Å². The van der Waals surface area contributed by atoms with Crippen molar-refractivity contribution < 1.29 is 28.2 Å². The maximum atomic E-state index is 13.8. The third-order valence-electron chi connectivity index (χ3n) is 2.92. The number of ether oxygens (including phenoxy) is 3. The molecule has 6 nitrogen and oxygen atoms in total. The van der Waals surface area contributed by atoms with Crippen LogP contribution in [0, 0.1) is 5.82 Å². The molecule has 0 bridgehead atoms. The summed E-state index contributed by atoms with van der Waals surface area (Å²) in [5.41, 5.74) is 5.02. The molecule has 0 spiro atoms. The third kappa shape index (κ3) is 4.83. The van der Waals surface area contributed by atoms with Crippen molar-refractivity contribution in [2.75, 3.05) is 13.7 Å². The number of nitrogens with two attached hydrogens (primary N) is 1. The zero-order valence-corrected chi connectivity index (χ0v) is 15.2. The van der Waals surface area contributed by atoms with Crippen LogP contribution in [0.5, 0.6) is 17.2 Å². The van der Waals surface area contributed by atoms with Crippen molar-refractivity contribution in [1.82, 2.24) is 0 Å². The Morgan fingerprint density at radius 3 is 2.56 bits per heavy atom. The fourth-order valence-electron chi connectivity index (χ4n) is 1.84. The van der Waals surface area contributed by atoms with Crippen LogP contribution in [0.2, 0.25) is 5.02 Å². The lowest BCUT2D eigenvalue weighted by Gasteiger charge is -2.13. The number of benzene rings is 2. The van der Waals surface area contributed by atoms with E-state index in [1.807, 2.05) is 0 Å². The van der Waals surface area contributed by atoms with E-state index < -0.39 is 24.3 Å². The second-order valence-corrected chi connectivity index (χ2v) is 6.03. The summed E-state index contributed by atoms with van der Waals surface area (Å²) in [5.74, 6) is -2.35. The van der Waals surface area contributed by atoms with Crippen LogP contribution in [-0.4, -0.2) is 25.6 Å². The Morgan fingerprint density at radius 2 is 1.96 bits per heavy atom. The first-order valence-electron chi connectivity index (χ1n) is 6.77. The molecule has 0 heterocycles. The molecule has 2 rings (SSSR count). The summed E-state index contributed by atoms with van der Waals surface area (Å²) in [4.78, 5) is 23.0. The van der Waals surface area contributed by atoms with Gasteiger partial charge < -0.3 is 19.9 Å². The number of esters is 1. The van der Waals surface area contributed by atoms with Gasteiger partial charge in [-0.25, -0.2) is 9.18 Å². The first kappa shape index (κ1) is 19.0. The number of primary amides is 1. The summed E-state index contributed by atoms with van der Waals surface area (Å²) in [6, 6.07) is 6.54. The topological polar surface area (TPSA) is 87.8 Å². The lowest BCUT2D eigenvalue weighted by Crippen LogP contribution is -2.20. The first-order chi connectivity index (χ1) is 11.8. The van der Waals surface area contributed by atoms with E-state index in [1.165, 1.54) is 31.4 Å². The number of rotatable bonds is 6. The van der Waals surface area contributed by atoms with E-state index in [2.05, 4.69) is 15.9 Å². The Balaban J connectivity index is 2.27. The van der Waals surface area contributed by atoms with E-state index >= 15 is 0 Å². The third-order valence-corrected chi connectivity index (χ3v) is 3.69. The van der Waals surface area contributed by atoms with E-state index in [-0.39, 0.29) is 27.8 Å². The fourth-order valence-corrected chi connectivity index (χ4v) is 2.44. The summed E-state index contributed by atoms with van der Waals surface area (Å²) in [6.45, 7) is -0.413. The number of hydrogen-bond donors (Lipinski definition) is 1. The molecule has 0 saturated carbocycles. The van der Waals surface area contributed by atoms with E-state index in [0.29, 0.717) is 4.47 Å². The second kappa shape index (κ2) is 8.17. The number of hydrogen-bond acceptors (Lipinski definition) is 5. The minimum atomic E-state index is -0.845. The molecule has 0 aromatic heterocycles. The Bertz CT molecular complexity index is 830. The van der Waals surface area contributed by atoms with Crippen molar-refractivity contribution in [2.24, 2.45) is 5.73 Å². The number of amides is 1. The van der Waals surface area contributed by atoms with Crippen molar-refractivity contribution in [3.05, 3.63) is 51.2 Å². The lowest BCUT2D eigenvalue weighted by molar-refractivity contribution is -0.119. The maximum absolute atomic E-state index is 13.8. The minimum absolute atomic E-state index is 0.00354. The highest BCUT2D eigenvalue weighted by Gasteiger charge is 2.19. The predicted molar refractivity (Wildman–Crippen MR) is 91.8 cm³/mol. The van der Waals surface area contributed by atoms with Crippen molar-refractivity contribution in [1.29, 1.82) is 0 Å². The molecule has 0 fully saturated rings. The molecule has 2 N–H and O–H groups in total. The highest BCUT2D eigenvalue weighted by Crippen LogP contribution is 2.36. The van der Waals surface area contributed by atoms with Crippen LogP contribution in [0.1, 0.15) is 10.4 Å². The van der Waals surface area contributed by atoms with E-state index in [4.69, 9.17) is 31.5 Å². The zero-order valence-electron chi connectivity index (χ0n) is 12.8. The molecule has 2 aromatic rings. The van der Waals surface area contributed by atoms with Gasteiger partial charge >= 0.3 is 5.97 Å². The maximum Gasteiger partial charge on any atom is 0.343 e. The van der Waals surface area contributed by atoms with Crippen LogP contribution in [0.4, 0.5) is 4.39 Å². The Labute approximate surface area is 155 Å². The van der Waals surface area contributed by atoms with Crippen LogP contribution in [0.15, 0.2) is 34.8 Å². The van der Waals surface area contributed by atoms with Crippen LogP contribution >= 0.6 is 27.5 Å². The quantitative estimate of drug-likeness (QED) is 0.559. The van der Waals surface area contributed by atoms with E-state index in [0.717, 1.165) is 6.07 Å². The van der Waals surface area contributed by atoms with Crippen molar-refractivity contribution in [3.63, 3.8) is 0 Å². The molecular weight excluding hydrogens is 421 g/mol. The highest BCUT2D eigenvalue weighted by atomic mass is 79.9. The molecule has 0 aliphatic carbocycles. The summed E-state index contributed by atoms with van der Waals surface area (Å²) in [6.07, 6.45) is 0. The minimum Gasteiger partial charge on any atom is -0.493 e. The van der Waals surface area contributed by atoms with Gasteiger partial charge in [0.1, 0.15) is 0 Å². The summed E-state index contributed by atoms with van der Waals surface area (Å²) in [5, 5.41) is 0.00354. The molecule has 2 aromatic carbocycles. The number of halogens is 3. The largest absolute Gasteiger partial charge is 0.493 e. The molecule has 0 atom stereocenters. The van der Waals surface area contributed by atoms with Gasteiger partial charge in [-0.2, -0.15) is 0 Å². The summed E-state index contributed by atoms with van der Waals surface area (Å²) in [7, 11) is 1.33. The van der Waals surface area contributed by atoms with Gasteiger partial charge in [-0.05, 0) is 30.3 Å². The van der Waals surface area contributed by atoms with Crippen LogP contribution in [-0.2, 0) is 4.79 Å².